The molecule has 9 heteroatoms. The molecule has 0 amide bonds. The molecule has 106 valence electrons. The monoisotopic (exact) mass is 281 g/mol. The molecule has 0 aliphatic heterocycles. The van der Waals surface area contributed by atoms with Crippen LogP contribution < -0.4 is 11.3 Å². The van der Waals surface area contributed by atoms with E-state index in [4.69, 9.17) is 15.9 Å². The maximum absolute atomic E-state index is 13.7. The Labute approximate surface area is 111 Å². The minimum atomic E-state index is -1.45. The van der Waals surface area contributed by atoms with Gasteiger partial charge in [-0.1, -0.05) is 0 Å². The Balaban J connectivity index is 2.12. The number of hydrogen-bond acceptors (Lipinski definition) is 6. The molecule has 0 saturated heterocycles. The number of nitrogens with two attached hydrogens (primary N) is 1. The molecule has 8 nitrogen and oxygen atoms in total. The van der Waals surface area contributed by atoms with Gasteiger partial charge in [0, 0.05) is 6.20 Å². The van der Waals surface area contributed by atoms with Crippen LogP contribution in [-0.4, -0.2) is 49.1 Å². The third-order valence-electron chi connectivity index (χ3n) is 3.55. The lowest BCUT2D eigenvalue weighted by Crippen LogP contribution is -2.16. The van der Waals surface area contributed by atoms with Crippen molar-refractivity contribution in [2.45, 2.75) is 6.17 Å². The second kappa shape index (κ2) is 4.12. The van der Waals surface area contributed by atoms with Gasteiger partial charge in [0.05, 0.1) is 18.6 Å². The molecule has 0 radical (unpaired) electrons. The van der Waals surface area contributed by atoms with E-state index in [-0.39, 0.29) is 22.7 Å². The van der Waals surface area contributed by atoms with E-state index in [0.717, 1.165) is 0 Å². The van der Waals surface area contributed by atoms with Crippen molar-refractivity contribution >= 4 is 23.3 Å². The average Bonchev–Trinajstić information content (AvgIpc) is 2.77. The molecule has 0 aromatic carbocycles. The summed E-state index contributed by atoms with van der Waals surface area (Å²) < 4.78 is 15.0. The molecule has 20 heavy (non-hydrogen) atoms. The quantitative estimate of drug-likeness (QED) is 0.563. The van der Waals surface area contributed by atoms with Gasteiger partial charge in [-0.25, -0.2) is 9.37 Å². The Hall–Kier alpha value is -2.26. The Morgan fingerprint density at radius 1 is 1.55 bits per heavy atom. The first-order chi connectivity index (χ1) is 9.53. The molecular weight excluding hydrogens is 269 g/mol. The number of rotatable bonds is 3. The van der Waals surface area contributed by atoms with E-state index in [1.54, 1.807) is 0 Å². The zero-order valence-corrected chi connectivity index (χ0v) is 10.2. The number of halogens is 1. The van der Waals surface area contributed by atoms with Crippen LogP contribution in [0, 0.1) is 5.41 Å². The van der Waals surface area contributed by atoms with Gasteiger partial charge in [-0.3, -0.25) is 14.3 Å². The summed E-state index contributed by atoms with van der Waals surface area (Å²) in [7, 11) is 0. The first-order valence-electron chi connectivity index (χ1n) is 5.84. The molecule has 1 aliphatic carbocycles. The van der Waals surface area contributed by atoms with Crippen molar-refractivity contribution in [3.63, 3.8) is 0 Å². The van der Waals surface area contributed by atoms with Crippen LogP contribution in [0.2, 0.25) is 0 Å². The van der Waals surface area contributed by atoms with Crippen molar-refractivity contribution in [1.82, 2.24) is 19.5 Å². The lowest BCUT2D eigenvalue weighted by Gasteiger charge is -2.04. The standard InChI is InChI=1S/C11H12FN5O3/c12-7-5(11(7,2-18)3-19)1-17-4-14-8-6(17)9(20)16-10(13)15-8/h1,4,7,18-19H,2-3H2,(H3,13,15,16,20)/b5-1+. The van der Waals surface area contributed by atoms with E-state index < -0.39 is 30.4 Å². The van der Waals surface area contributed by atoms with Gasteiger partial charge in [0.15, 0.2) is 11.2 Å². The number of hydrogen-bond donors (Lipinski definition) is 4. The van der Waals surface area contributed by atoms with Gasteiger partial charge in [-0.15, -0.1) is 0 Å². The molecule has 1 aliphatic rings. The fourth-order valence-electron chi connectivity index (χ4n) is 2.21. The second-order valence-corrected chi connectivity index (χ2v) is 4.69. The van der Waals surface area contributed by atoms with Gasteiger partial charge in [-0.05, 0) is 5.57 Å². The maximum Gasteiger partial charge on any atom is 0.278 e. The van der Waals surface area contributed by atoms with Gasteiger partial charge in [0.25, 0.3) is 5.56 Å². The third kappa shape index (κ3) is 1.57. The zero-order valence-electron chi connectivity index (χ0n) is 10.2. The minimum Gasteiger partial charge on any atom is -0.395 e. The summed E-state index contributed by atoms with van der Waals surface area (Å²) >= 11 is 0. The van der Waals surface area contributed by atoms with E-state index in [0.29, 0.717) is 0 Å². The predicted octanol–water partition coefficient (Wildman–Crippen LogP) is -1.13. The number of aliphatic hydroxyl groups is 2. The van der Waals surface area contributed by atoms with Crippen LogP contribution in [0.1, 0.15) is 0 Å². The summed E-state index contributed by atoms with van der Waals surface area (Å²) in [6.07, 6.45) is 1.18. The van der Waals surface area contributed by atoms with Gasteiger partial charge in [-0.2, -0.15) is 4.98 Å². The van der Waals surface area contributed by atoms with E-state index in [2.05, 4.69) is 15.0 Å². The van der Waals surface area contributed by atoms with Crippen LogP contribution in [0.15, 0.2) is 16.7 Å². The Morgan fingerprint density at radius 3 is 2.85 bits per heavy atom. The zero-order chi connectivity index (χ0) is 14.5. The number of aromatic amines is 1. The van der Waals surface area contributed by atoms with Crippen molar-refractivity contribution in [2.75, 3.05) is 18.9 Å². The second-order valence-electron chi connectivity index (χ2n) is 4.69. The van der Waals surface area contributed by atoms with E-state index in [1.807, 2.05) is 0 Å². The first-order valence-corrected chi connectivity index (χ1v) is 5.84. The maximum atomic E-state index is 13.7. The van der Waals surface area contributed by atoms with Gasteiger partial charge >= 0.3 is 0 Å². The van der Waals surface area contributed by atoms with Gasteiger partial charge < -0.3 is 15.9 Å². The number of nitrogens with one attached hydrogen (secondary N) is 1. The number of alkyl halides is 1. The van der Waals surface area contributed by atoms with Crippen molar-refractivity contribution in [2.24, 2.45) is 5.41 Å². The summed E-state index contributed by atoms with van der Waals surface area (Å²) in [4.78, 5) is 21.9. The van der Waals surface area contributed by atoms with Crippen LogP contribution in [0.4, 0.5) is 10.3 Å². The van der Waals surface area contributed by atoms with Crippen LogP contribution >= 0.6 is 0 Å². The highest BCUT2D eigenvalue weighted by atomic mass is 19.1. The molecule has 0 bridgehead atoms. The van der Waals surface area contributed by atoms with Gasteiger partial charge in [0.2, 0.25) is 5.95 Å². The van der Waals surface area contributed by atoms with Crippen molar-refractivity contribution in [1.29, 1.82) is 0 Å². The van der Waals surface area contributed by atoms with Crippen LogP contribution in [0.5, 0.6) is 0 Å². The van der Waals surface area contributed by atoms with E-state index in [1.165, 1.54) is 17.1 Å². The smallest absolute Gasteiger partial charge is 0.278 e. The number of imidazole rings is 1. The highest BCUT2D eigenvalue weighted by molar-refractivity contribution is 5.74. The van der Waals surface area contributed by atoms with E-state index >= 15 is 0 Å². The van der Waals surface area contributed by atoms with Gasteiger partial charge in [0.1, 0.15) is 12.5 Å². The number of H-pyrrole nitrogens is 1. The minimum absolute atomic E-state index is 0.0599. The highest BCUT2D eigenvalue weighted by Crippen LogP contribution is 2.54. The number of nitrogen functional groups attached to an aromatic ring is 1. The number of aliphatic hydroxyl groups excluding tert-OH is 2. The molecule has 2 aromatic heterocycles. The normalized spacial score (nSPS) is 22.6. The summed E-state index contributed by atoms with van der Waals surface area (Å²) in [6.45, 7) is -1.02. The SMILES string of the molecule is Nc1nc2ncn(/C=C3\C(F)C3(CO)CO)c2c(=O)[nH]1. The van der Waals surface area contributed by atoms with Crippen molar-refractivity contribution < 1.29 is 14.6 Å². The average molecular weight is 281 g/mol. The van der Waals surface area contributed by atoms with E-state index in [9.17, 15) is 9.18 Å². The van der Waals surface area contributed by atoms with Crippen molar-refractivity contribution in [3.05, 3.63) is 22.3 Å². The molecule has 5 N–H and O–H groups in total. The molecule has 0 spiro atoms. The highest BCUT2D eigenvalue weighted by Gasteiger charge is 2.60. The van der Waals surface area contributed by atoms with Crippen LogP contribution in [0.25, 0.3) is 17.4 Å². The molecule has 1 atom stereocenters. The predicted molar refractivity (Wildman–Crippen MR) is 68.3 cm³/mol. The Bertz CT molecular complexity index is 761. The lowest BCUT2D eigenvalue weighted by atomic mass is 10.1. The molecule has 1 unspecified atom stereocenters. The largest absolute Gasteiger partial charge is 0.395 e. The summed E-state index contributed by atoms with van der Waals surface area (Å²) in [5, 5.41) is 18.3. The molecule has 3 rings (SSSR count). The fourth-order valence-corrected chi connectivity index (χ4v) is 2.21. The number of nitrogens with zero attached hydrogens (tertiary/aromatic N) is 3. The Kier molecular flexibility index (Phi) is 2.63. The number of aromatic nitrogens is 4. The fraction of sp³-hybridized carbons (Fsp3) is 0.364. The molecule has 1 fully saturated rings. The molecular formula is C11H12FN5O3. The van der Waals surface area contributed by atoms with Crippen molar-refractivity contribution in [3.8, 4) is 0 Å². The molecule has 1 saturated carbocycles. The lowest BCUT2D eigenvalue weighted by molar-refractivity contribution is 0.118. The van der Waals surface area contributed by atoms with Crippen LogP contribution in [0.3, 0.4) is 0 Å². The summed E-state index contributed by atoms with van der Waals surface area (Å²) in [6, 6.07) is 0. The summed E-state index contributed by atoms with van der Waals surface area (Å²) in [5.41, 5.74) is 4.09. The number of anilines is 1. The van der Waals surface area contributed by atoms with Crippen LogP contribution in [-0.2, 0) is 0 Å². The first kappa shape index (κ1) is 12.8. The topological polar surface area (TPSA) is 130 Å². The Morgan fingerprint density at radius 2 is 2.25 bits per heavy atom. The molecule has 2 aromatic rings. The molecule has 2 heterocycles. The summed E-state index contributed by atoms with van der Waals surface area (Å²) in [5.74, 6) is -0.0599. The third-order valence-corrected chi connectivity index (χ3v) is 3.55. The number of fused-ring (bicyclic) bond motifs is 1.